The molecule has 0 spiro atoms. The largest absolute Gasteiger partial charge is 0.481 e. The molecule has 1 aromatic heterocycles. The molecule has 0 aliphatic heterocycles. The fraction of sp³-hybridized carbons (Fsp3) is 0.231. The first-order chi connectivity index (χ1) is 9.13. The normalized spacial score (nSPS) is 10.4. The summed E-state index contributed by atoms with van der Waals surface area (Å²) in [6.07, 6.45) is 2.00. The molecule has 0 radical (unpaired) electrons. The zero-order valence-corrected chi connectivity index (χ0v) is 11.1. The summed E-state index contributed by atoms with van der Waals surface area (Å²) in [6.45, 7) is 0. The van der Waals surface area contributed by atoms with Gasteiger partial charge in [-0.1, -0.05) is 23.7 Å². The first-order valence-corrected chi connectivity index (χ1v) is 6.09. The van der Waals surface area contributed by atoms with Crippen molar-refractivity contribution >= 4 is 17.6 Å². The van der Waals surface area contributed by atoms with Crippen molar-refractivity contribution in [3.05, 3.63) is 41.0 Å². The molecule has 0 saturated heterocycles. The fourth-order valence-electron chi connectivity index (χ4n) is 1.80. The Morgan fingerprint density at radius 1 is 1.47 bits per heavy atom. The number of aromatic nitrogens is 2. The summed E-state index contributed by atoms with van der Waals surface area (Å²) in [5.74, 6) is -0.345. The maximum absolute atomic E-state index is 10.6. The van der Waals surface area contributed by atoms with E-state index in [1.807, 2.05) is 18.2 Å². The van der Waals surface area contributed by atoms with Gasteiger partial charge in [0.05, 0.1) is 24.0 Å². The summed E-state index contributed by atoms with van der Waals surface area (Å²) in [5, 5.41) is 13.5. The second kappa shape index (κ2) is 5.75. The van der Waals surface area contributed by atoms with Crippen LogP contribution < -0.4 is 4.74 Å². The van der Waals surface area contributed by atoms with Crippen LogP contribution in [0.4, 0.5) is 0 Å². The standard InChI is InChI=1S/C13H13ClN2O3/c1-19-13-9(6-7-12(17)18)8-15-16(13)11-5-3-2-4-10(11)14/h2-5,8H,6-7H2,1H3,(H,17,18). The number of hydrogen-bond donors (Lipinski definition) is 1. The number of carboxylic acid groups (broad SMARTS) is 1. The maximum atomic E-state index is 10.6. The van der Waals surface area contributed by atoms with Gasteiger partial charge in [0.1, 0.15) is 0 Å². The number of halogens is 1. The molecular weight excluding hydrogens is 268 g/mol. The Kier molecular flexibility index (Phi) is 4.06. The number of nitrogens with zero attached hydrogens (tertiary/aromatic N) is 2. The minimum Gasteiger partial charge on any atom is -0.481 e. The molecule has 2 aromatic rings. The monoisotopic (exact) mass is 280 g/mol. The number of hydrogen-bond acceptors (Lipinski definition) is 3. The average molecular weight is 281 g/mol. The van der Waals surface area contributed by atoms with Gasteiger partial charge in [0.25, 0.3) is 0 Å². The second-order valence-electron chi connectivity index (χ2n) is 3.94. The van der Waals surface area contributed by atoms with Crippen LogP contribution in [-0.2, 0) is 11.2 Å². The highest BCUT2D eigenvalue weighted by molar-refractivity contribution is 6.32. The minimum absolute atomic E-state index is 0.0323. The van der Waals surface area contributed by atoms with E-state index in [1.54, 1.807) is 16.9 Å². The van der Waals surface area contributed by atoms with Gasteiger partial charge in [0, 0.05) is 12.0 Å². The van der Waals surface area contributed by atoms with E-state index in [-0.39, 0.29) is 6.42 Å². The van der Waals surface area contributed by atoms with E-state index in [1.165, 1.54) is 7.11 Å². The van der Waals surface area contributed by atoms with E-state index >= 15 is 0 Å². The molecule has 0 fully saturated rings. The number of carbonyl (C=O) groups is 1. The number of benzene rings is 1. The maximum Gasteiger partial charge on any atom is 0.303 e. The molecule has 5 nitrogen and oxygen atoms in total. The van der Waals surface area contributed by atoms with Crippen molar-refractivity contribution < 1.29 is 14.6 Å². The highest BCUT2D eigenvalue weighted by Crippen LogP contribution is 2.27. The lowest BCUT2D eigenvalue weighted by Crippen LogP contribution is -2.02. The minimum atomic E-state index is -0.854. The zero-order chi connectivity index (χ0) is 13.8. The molecule has 1 N–H and O–H groups in total. The Balaban J connectivity index is 2.37. The van der Waals surface area contributed by atoms with Gasteiger partial charge in [-0.15, -0.1) is 0 Å². The van der Waals surface area contributed by atoms with Gasteiger partial charge >= 0.3 is 5.97 Å². The van der Waals surface area contributed by atoms with Crippen LogP contribution in [0, 0.1) is 0 Å². The van der Waals surface area contributed by atoms with Crippen LogP contribution in [-0.4, -0.2) is 28.0 Å². The summed E-state index contributed by atoms with van der Waals surface area (Å²) >= 11 is 6.11. The molecule has 1 heterocycles. The van der Waals surface area contributed by atoms with Gasteiger partial charge in [-0.25, -0.2) is 0 Å². The predicted octanol–water partition coefficient (Wildman–Crippen LogP) is 2.55. The molecule has 0 unspecified atom stereocenters. The van der Waals surface area contributed by atoms with Gasteiger partial charge in [-0.2, -0.15) is 9.78 Å². The van der Waals surface area contributed by atoms with Gasteiger partial charge in [-0.05, 0) is 18.6 Å². The van der Waals surface area contributed by atoms with Crippen LogP contribution in [0.3, 0.4) is 0 Å². The van der Waals surface area contributed by atoms with Crippen molar-refractivity contribution in [2.75, 3.05) is 7.11 Å². The summed E-state index contributed by atoms with van der Waals surface area (Å²) in [5.41, 5.74) is 1.44. The molecule has 2 rings (SSSR count). The number of para-hydroxylation sites is 1. The van der Waals surface area contributed by atoms with Crippen molar-refractivity contribution in [1.29, 1.82) is 0 Å². The van der Waals surface area contributed by atoms with Crippen LogP contribution in [0.5, 0.6) is 5.88 Å². The highest BCUT2D eigenvalue weighted by atomic mass is 35.5. The molecule has 1 aromatic carbocycles. The lowest BCUT2D eigenvalue weighted by Gasteiger charge is -2.09. The third kappa shape index (κ3) is 2.88. The van der Waals surface area contributed by atoms with E-state index in [9.17, 15) is 4.79 Å². The third-order valence-electron chi connectivity index (χ3n) is 2.68. The van der Waals surface area contributed by atoms with Crippen LogP contribution in [0.1, 0.15) is 12.0 Å². The Morgan fingerprint density at radius 3 is 2.84 bits per heavy atom. The number of rotatable bonds is 5. The summed E-state index contributed by atoms with van der Waals surface area (Å²) < 4.78 is 6.88. The SMILES string of the molecule is COc1c(CCC(=O)O)cnn1-c1ccccc1Cl. The molecule has 0 amide bonds. The lowest BCUT2D eigenvalue weighted by atomic mass is 10.2. The van der Waals surface area contributed by atoms with Crippen LogP contribution in [0.2, 0.25) is 5.02 Å². The smallest absolute Gasteiger partial charge is 0.303 e. The van der Waals surface area contributed by atoms with E-state index < -0.39 is 5.97 Å². The Morgan fingerprint density at radius 2 is 2.21 bits per heavy atom. The van der Waals surface area contributed by atoms with Gasteiger partial charge in [0.15, 0.2) is 0 Å². The average Bonchev–Trinajstić information content (AvgIpc) is 2.79. The third-order valence-corrected chi connectivity index (χ3v) is 3.00. The highest BCUT2D eigenvalue weighted by Gasteiger charge is 2.15. The van der Waals surface area contributed by atoms with Crippen molar-refractivity contribution in [2.45, 2.75) is 12.8 Å². The van der Waals surface area contributed by atoms with Crippen molar-refractivity contribution in [2.24, 2.45) is 0 Å². The van der Waals surface area contributed by atoms with Crippen molar-refractivity contribution in [3.8, 4) is 11.6 Å². The first kappa shape index (κ1) is 13.4. The topological polar surface area (TPSA) is 64.3 Å². The molecule has 0 aliphatic rings. The zero-order valence-electron chi connectivity index (χ0n) is 10.3. The molecule has 0 bridgehead atoms. The van der Waals surface area contributed by atoms with Gasteiger partial charge < -0.3 is 9.84 Å². The van der Waals surface area contributed by atoms with Gasteiger partial charge in [0.2, 0.25) is 5.88 Å². The van der Waals surface area contributed by atoms with Crippen molar-refractivity contribution in [1.82, 2.24) is 9.78 Å². The summed E-state index contributed by atoms with van der Waals surface area (Å²) in [6, 6.07) is 7.25. The first-order valence-electron chi connectivity index (χ1n) is 5.71. The molecule has 0 saturated carbocycles. The fourth-order valence-corrected chi connectivity index (χ4v) is 2.01. The lowest BCUT2D eigenvalue weighted by molar-refractivity contribution is -0.136. The van der Waals surface area contributed by atoms with Crippen LogP contribution >= 0.6 is 11.6 Å². The second-order valence-corrected chi connectivity index (χ2v) is 4.34. The van der Waals surface area contributed by atoms with E-state index in [0.29, 0.717) is 23.0 Å². The van der Waals surface area contributed by atoms with E-state index in [2.05, 4.69) is 5.10 Å². The van der Waals surface area contributed by atoms with Crippen LogP contribution in [0.25, 0.3) is 5.69 Å². The molecule has 6 heteroatoms. The number of methoxy groups -OCH3 is 1. The Hall–Kier alpha value is -2.01. The number of carboxylic acids is 1. The number of aryl methyl sites for hydroxylation is 1. The predicted molar refractivity (Wildman–Crippen MR) is 71.1 cm³/mol. The quantitative estimate of drug-likeness (QED) is 0.914. The van der Waals surface area contributed by atoms with E-state index in [4.69, 9.17) is 21.4 Å². The van der Waals surface area contributed by atoms with E-state index in [0.717, 1.165) is 5.56 Å². The number of aliphatic carboxylic acids is 1. The molecular formula is C13H13ClN2O3. The number of ether oxygens (including phenoxy) is 1. The molecule has 100 valence electrons. The van der Waals surface area contributed by atoms with Crippen molar-refractivity contribution in [3.63, 3.8) is 0 Å². The molecule has 0 aliphatic carbocycles. The molecule has 0 atom stereocenters. The summed E-state index contributed by atoms with van der Waals surface area (Å²) in [7, 11) is 1.52. The molecule has 19 heavy (non-hydrogen) atoms. The Labute approximate surface area is 115 Å². The van der Waals surface area contributed by atoms with Gasteiger partial charge in [-0.3, -0.25) is 4.79 Å². The summed E-state index contributed by atoms with van der Waals surface area (Å²) in [4.78, 5) is 10.6. The van der Waals surface area contributed by atoms with Crippen LogP contribution in [0.15, 0.2) is 30.5 Å². The Bertz CT molecular complexity index is 595.